The van der Waals surface area contributed by atoms with E-state index in [9.17, 15) is 13.2 Å². The van der Waals surface area contributed by atoms with Gasteiger partial charge < -0.3 is 5.32 Å². The van der Waals surface area contributed by atoms with E-state index in [-0.39, 0.29) is 17.4 Å². The Morgan fingerprint density at radius 1 is 1.00 bits per heavy atom. The predicted molar refractivity (Wildman–Crippen MR) is 94.3 cm³/mol. The van der Waals surface area contributed by atoms with Crippen molar-refractivity contribution in [1.29, 1.82) is 0 Å². The molecule has 1 N–H and O–H groups in total. The van der Waals surface area contributed by atoms with Gasteiger partial charge in [-0.15, -0.1) is 0 Å². The highest BCUT2D eigenvalue weighted by molar-refractivity contribution is 6.36. The predicted octanol–water partition coefficient (Wildman–Crippen LogP) is 6.84. The highest BCUT2D eigenvalue weighted by Crippen LogP contribution is 2.54. The number of alkyl halides is 3. The van der Waals surface area contributed by atoms with Gasteiger partial charge in [0.1, 0.15) is 0 Å². The average Bonchev–Trinajstić information content (AvgIpc) is 3.06. The molecule has 2 aromatic carbocycles. The monoisotopic (exact) mass is 383 g/mol. The van der Waals surface area contributed by atoms with Gasteiger partial charge in [-0.05, 0) is 36.1 Å². The number of anilines is 1. The maximum atomic E-state index is 13.5. The summed E-state index contributed by atoms with van der Waals surface area (Å²) in [5.41, 5.74) is 1.13. The summed E-state index contributed by atoms with van der Waals surface area (Å²) < 4.78 is 40.5. The Morgan fingerprint density at radius 2 is 1.72 bits per heavy atom. The number of nitrogens with one attached hydrogen (secondary N) is 1. The van der Waals surface area contributed by atoms with Crippen LogP contribution in [0.3, 0.4) is 0 Å². The summed E-state index contributed by atoms with van der Waals surface area (Å²) in [5.74, 6) is -0.0827. The molecule has 130 valence electrons. The maximum Gasteiger partial charge on any atom is 0.416 e. The first kappa shape index (κ1) is 16.8. The molecule has 0 radical (unpaired) electrons. The van der Waals surface area contributed by atoms with E-state index in [1.165, 1.54) is 6.07 Å². The Balaban J connectivity index is 1.88. The third-order valence-corrected chi connectivity index (χ3v) is 5.66. The number of hydrogen-bond donors (Lipinski definition) is 1. The summed E-state index contributed by atoms with van der Waals surface area (Å²) in [6, 6.07) is 8.64. The molecule has 0 fully saturated rings. The number of fused-ring (bicyclic) bond motifs is 3. The van der Waals surface area contributed by atoms with Crippen LogP contribution in [0.5, 0.6) is 0 Å². The Labute approximate surface area is 153 Å². The standard InChI is InChI=1S/C19H14Cl2F3N/c20-14-8-9-15(21)18-16(14)10-5-3-6-11(10)17(25-18)12-4-1-2-7-13(12)19(22,23)24/h1-5,7-11,17,25H,6H2/t10-,11+,17-/m0/s1. The lowest BCUT2D eigenvalue weighted by Crippen LogP contribution is -2.31. The molecular formula is C19H14Cl2F3N. The molecule has 3 atom stereocenters. The van der Waals surface area contributed by atoms with Crippen LogP contribution in [0.15, 0.2) is 48.6 Å². The Morgan fingerprint density at radius 3 is 2.48 bits per heavy atom. The van der Waals surface area contributed by atoms with Crippen molar-refractivity contribution in [2.24, 2.45) is 5.92 Å². The third kappa shape index (κ3) is 2.72. The Bertz CT molecular complexity index is 860. The van der Waals surface area contributed by atoms with Crippen LogP contribution in [-0.4, -0.2) is 0 Å². The van der Waals surface area contributed by atoms with Crippen LogP contribution in [0.1, 0.15) is 35.1 Å². The molecule has 4 rings (SSSR count). The van der Waals surface area contributed by atoms with E-state index in [0.717, 1.165) is 11.6 Å². The van der Waals surface area contributed by atoms with Crippen LogP contribution < -0.4 is 5.32 Å². The largest absolute Gasteiger partial charge is 0.416 e. The van der Waals surface area contributed by atoms with Gasteiger partial charge in [-0.25, -0.2) is 0 Å². The second-order valence-electron chi connectivity index (χ2n) is 6.38. The minimum atomic E-state index is -4.40. The third-order valence-electron chi connectivity index (χ3n) is 5.02. The van der Waals surface area contributed by atoms with Gasteiger partial charge in [0.25, 0.3) is 0 Å². The molecule has 0 saturated carbocycles. The molecule has 25 heavy (non-hydrogen) atoms. The first-order chi connectivity index (χ1) is 11.9. The molecule has 0 aromatic heterocycles. The lowest BCUT2D eigenvalue weighted by atomic mass is 9.76. The van der Waals surface area contributed by atoms with Gasteiger partial charge >= 0.3 is 6.18 Å². The van der Waals surface area contributed by atoms with Crippen LogP contribution in [-0.2, 0) is 6.18 Å². The van der Waals surface area contributed by atoms with E-state index in [1.54, 1.807) is 24.3 Å². The van der Waals surface area contributed by atoms with Crippen molar-refractivity contribution in [2.45, 2.75) is 24.6 Å². The van der Waals surface area contributed by atoms with E-state index < -0.39 is 17.8 Å². The van der Waals surface area contributed by atoms with Gasteiger partial charge in [0, 0.05) is 16.5 Å². The van der Waals surface area contributed by atoms with Gasteiger partial charge in [-0.3, -0.25) is 0 Å². The van der Waals surface area contributed by atoms with Crippen LogP contribution in [0.25, 0.3) is 0 Å². The van der Waals surface area contributed by atoms with Crippen LogP contribution in [0.4, 0.5) is 18.9 Å². The van der Waals surface area contributed by atoms with Gasteiger partial charge in [-0.1, -0.05) is 53.6 Å². The van der Waals surface area contributed by atoms with Crippen molar-refractivity contribution < 1.29 is 13.2 Å². The molecule has 2 aromatic rings. The van der Waals surface area contributed by atoms with Crippen molar-refractivity contribution in [3.05, 3.63) is 75.3 Å². The van der Waals surface area contributed by atoms with E-state index in [2.05, 4.69) is 5.32 Å². The molecule has 1 aliphatic heterocycles. The van der Waals surface area contributed by atoms with Crippen LogP contribution >= 0.6 is 23.2 Å². The number of rotatable bonds is 1. The molecule has 1 aliphatic carbocycles. The average molecular weight is 384 g/mol. The second kappa shape index (κ2) is 5.96. The molecular weight excluding hydrogens is 370 g/mol. The lowest BCUT2D eigenvalue weighted by molar-refractivity contribution is -0.138. The highest BCUT2D eigenvalue weighted by atomic mass is 35.5. The van der Waals surface area contributed by atoms with Crippen LogP contribution in [0.2, 0.25) is 10.0 Å². The van der Waals surface area contributed by atoms with E-state index >= 15 is 0 Å². The van der Waals surface area contributed by atoms with Gasteiger partial charge in [0.05, 0.1) is 22.3 Å². The quantitative estimate of drug-likeness (QED) is 0.531. The molecule has 0 spiro atoms. The number of allylic oxidation sites excluding steroid dienone is 2. The van der Waals surface area contributed by atoms with Gasteiger partial charge in [-0.2, -0.15) is 13.2 Å². The summed E-state index contributed by atoms with van der Waals surface area (Å²) in [5, 5.41) is 4.29. The smallest absolute Gasteiger partial charge is 0.376 e. The molecule has 0 unspecified atom stereocenters. The van der Waals surface area contributed by atoms with E-state index in [0.29, 0.717) is 22.2 Å². The molecule has 6 heteroatoms. The Hall–Kier alpha value is -1.65. The maximum absolute atomic E-state index is 13.5. The minimum absolute atomic E-state index is 0.0352. The first-order valence-electron chi connectivity index (χ1n) is 7.95. The number of hydrogen-bond acceptors (Lipinski definition) is 1. The second-order valence-corrected chi connectivity index (χ2v) is 7.19. The van der Waals surface area contributed by atoms with Crippen molar-refractivity contribution in [3.63, 3.8) is 0 Å². The summed E-state index contributed by atoms with van der Waals surface area (Å²) in [4.78, 5) is 0. The Kier molecular flexibility index (Phi) is 4.00. The minimum Gasteiger partial charge on any atom is -0.376 e. The van der Waals surface area contributed by atoms with E-state index in [1.807, 2.05) is 12.2 Å². The SMILES string of the molecule is FC(F)(F)c1ccccc1[C@H]1Nc2c(Cl)ccc(Cl)c2[C@H]2C=CC[C@H]21. The summed E-state index contributed by atoms with van der Waals surface area (Å²) in [7, 11) is 0. The zero-order chi connectivity index (χ0) is 17.8. The van der Waals surface area contributed by atoms with Crippen molar-refractivity contribution in [1.82, 2.24) is 0 Å². The van der Waals surface area contributed by atoms with Crippen molar-refractivity contribution in [2.75, 3.05) is 5.32 Å². The molecule has 0 bridgehead atoms. The molecule has 0 amide bonds. The summed E-state index contributed by atoms with van der Waals surface area (Å²) >= 11 is 12.7. The topological polar surface area (TPSA) is 12.0 Å². The normalized spacial score (nSPS) is 24.6. The van der Waals surface area contributed by atoms with Crippen molar-refractivity contribution in [3.8, 4) is 0 Å². The summed E-state index contributed by atoms with van der Waals surface area (Å²) in [6.07, 6.45) is 0.317. The lowest BCUT2D eigenvalue weighted by Gasteiger charge is -2.39. The van der Waals surface area contributed by atoms with Crippen molar-refractivity contribution >= 4 is 28.9 Å². The molecule has 1 nitrogen and oxygen atoms in total. The number of halogens is 5. The fourth-order valence-electron chi connectivity index (χ4n) is 3.96. The molecule has 2 aliphatic rings. The highest BCUT2D eigenvalue weighted by Gasteiger charge is 2.43. The zero-order valence-electron chi connectivity index (χ0n) is 12.9. The molecule has 0 saturated heterocycles. The fourth-order valence-corrected chi connectivity index (χ4v) is 4.47. The van der Waals surface area contributed by atoms with Gasteiger partial charge in [0.15, 0.2) is 0 Å². The van der Waals surface area contributed by atoms with E-state index in [4.69, 9.17) is 23.2 Å². The number of benzene rings is 2. The first-order valence-corrected chi connectivity index (χ1v) is 8.70. The van der Waals surface area contributed by atoms with Gasteiger partial charge in [0.2, 0.25) is 0 Å². The molecule has 1 heterocycles. The fraction of sp³-hybridized carbons (Fsp3) is 0.263. The zero-order valence-corrected chi connectivity index (χ0v) is 14.5. The van der Waals surface area contributed by atoms with Crippen LogP contribution in [0, 0.1) is 5.92 Å². The summed E-state index contributed by atoms with van der Waals surface area (Å²) in [6.45, 7) is 0.